The molecule has 1 aromatic heterocycles. The molecular formula is C9H14O2SSi. The molecular weight excluding hydrogens is 200 g/mol. The van der Waals surface area contributed by atoms with Gasteiger partial charge in [0.1, 0.15) is 13.2 Å². The van der Waals surface area contributed by atoms with Crippen molar-refractivity contribution >= 4 is 23.9 Å². The van der Waals surface area contributed by atoms with Crippen LogP contribution in [0.5, 0.6) is 11.5 Å². The first kappa shape index (κ1) is 9.09. The second-order valence-electron chi connectivity index (χ2n) is 4.21. The lowest BCUT2D eigenvalue weighted by Gasteiger charge is -2.20. The van der Waals surface area contributed by atoms with Gasteiger partial charge in [-0.15, -0.1) is 11.3 Å². The fourth-order valence-corrected chi connectivity index (χ4v) is 4.51. The van der Waals surface area contributed by atoms with Gasteiger partial charge in [-0.1, -0.05) is 19.6 Å². The minimum Gasteiger partial charge on any atom is -0.485 e. The number of fused-ring (bicyclic) bond motifs is 1. The Morgan fingerprint density at radius 2 is 1.92 bits per heavy atom. The van der Waals surface area contributed by atoms with Gasteiger partial charge >= 0.3 is 0 Å². The summed E-state index contributed by atoms with van der Waals surface area (Å²) in [6, 6.07) is 0. The van der Waals surface area contributed by atoms with Gasteiger partial charge < -0.3 is 9.47 Å². The fraction of sp³-hybridized carbons (Fsp3) is 0.556. The highest BCUT2D eigenvalue weighted by Gasteiger charge is 2.28. The van der Waals surface area contributed by atoms with E-state index in [9.17, 15) is 0 Å². The summed E-state index contributed by atoms with van der Waals surface area (Å²) in [5, 5.41) is 2.07. The number of hydrogen-bond acceptors (Lipinski definition) is 3. The number of hydrogen-bond donors (Lipinski definition) is 0. The van der Waals surface area contributed by atoms with Gasteiger partial charge in [0.25, 0.3) is 0 Å². The average Bonchev–Trinajstić information content (AvgIpc) is 2.45. The Morgan fingerprint density at radius 3 is 2.62 bits per heavy atom. The largest absolute Gasteiger partial charge is 0.485 e. The summed E-state index contributed by atoms with van der Waals surface area (Å²) in [6.45, 7) is 8.38. The second kappa shape index (κ2) is 3.03. The van der Waals surface area contributed by atoms with Crippen LogP contribution in [0.4, 0.5) is 0 Å². The Balaban J connectivity index is 2.43. The molecule has 0 fully saturated rings. The van der Waals surface area contributed by atoms with Crippen molar-refractivity contribution in [1.29, 1.82) is 0 Å². The number of rotatable bonds is 1. The highest BCUT2D eigenvalue weighted by molar-refractivity contribution is 7.26. The van der Waals surface area contributed by atoms with Gasteiger partial charge in [0, 0.05) is 9.88 Å². The van der Waals surface area contributed by atoms with Crippen molar-refractivity contribution < 1.29 is 9.47 Å². The molecule has 2 rings (SSSR count). The predicted octanol–water partition coefficient (Wildman–Crippen LogP) is 2.06. The topological polar surface area (TPSA) is 18.5 Å². The molecule has 0 spiro atoms. The van der Waals surface area contributed by atoms with Crippen LogP contribution in [0.25, 0.3) is 0 Å². The first-order valence-electron chi connectivity index (χ1n) is 4.46. The van der Waals surface area contributed by atoms with Crippen LogP contribution < -0.4 is 14.0 Å². The van der Waals surface area contributed by atoms with Crippen molar-refractivity contribution in [2.75, 3.05) is 13.2 Å². The van der Waals surface area contributed by atoms with Gasteiger partial charge in [-0.25, -0.2) is 0 Å². The van der Waals surface area contributed by atoms with Gasteiger partial charge in [-0.05, 0) is 0 Å². The Bertz CT molecular complexity index is 314. The molecule has 2 heterocycles. The zero-order valence-corrected chi connectivity index (χ0v) is 10.0. The molecule has 0 aliphatic carbocycles. The third-order valence-electron chi connectivity index (χ3n) is 1.98. The SMILES string of the molecule is C[Si](C)(C)c1scc2c1OCCO2. The molecule has 1 aliphatic heterocycles. The van der Waals surface area contributed by atoms with Gasteiger partial charge in [0.15, 0.2) is 11.5 Å². The Hall–Kier alpha value is -0.483. The lowest BCUT2D eigenvalue weighted by Crippen LogP contribution is -2.37. The molecule has 13 heavy (non-hydrogen) atoms. The van der Waals surface area contributed by atoms with Crippen LogP contribution in [-0.2, 0) is 0 Å². The van der Waals surface area contributed by atoms with Gasteiger partial charge in [-0.2, -0.15) is 0 Å². The molecule has 72 valence electrons. The number of thiophene rings is 1. The van der Waals surface area contributed by atoms with Crippen LogP contribution in [-0.4, -0.2) is 21.3 Å². The van der Waals surface area contributed by atoms with Crippen LogP contribution in [0, 0.1) is 0 Å². The zero-order chi connectivity index (χ0) is 9.47. The fourth-order valence-electron chi connectivity index (χ4n) is 1.38. The average molecular weight is 214 g/mol. The van der Waals surface area contributed by atoms with Crippen molar-refractivity contribution in [3.63, 3.8) is 0 Å². The molecule has 2 nitrogen and oxygen atoms in total. The molecule has 0 radical (unpaired) electrons. The highest BCUT2D eigenvalue weighted by Crippen LogP contribution is 2.34. The van der Waals surface area contributed by atoms with Crippen molar-refractivity contribution in [1.82, 2.24) is 0 Å². The Labute approximate surface area is 83.5 Å². The predicted molar refractivity (Wildman–Crippen MR) is 58.3 cm³/mol. The van der Waals surface area contributed by atoms with Crippen LogP contribution in [0.3, 0.4) is 0 Å². The van der Waals surface area contributed by atoms with E-state index < -0.39 is 8.07 Å². The van der Waals surface area contributed by atoms with Crippen LogP contribution in [0.15, 0.2) is 5.38 Å². The van der Waals surface area contributed by atoms with Gasteiger partial charge in [0.2, 0.25) is 0 Å². The molecule has 0 bridgehead atoms. The molecule has 0 N–H and O–H groups in total. The van der Waals surface area contributed by atoms with E-state index in [1.54, 1.807) is 11.3 Å². The summed E-state index contributed by atoms with van der Waals surface area (Å²) in [6.07, 6.45) is 0. The van der Waals surface area contributed by atoms with Crippen LogP contribution >= 0.6 is 11.3 Å². The molecule has 0 aromatic carbocycles. The van der Waals surface area contributed by atoms with Crippen molar-refractivity contribution in [2.45, 2.75) is 19.6 Å². The van der Waals surface area contributed by atoms with E-state index in [0.29, 0.717) is 13.2 Å². The third-order valence-corrected chi connectivity index (χ3v) is 6.52. The summed E-state index contributed by atoms with van der Waals surface area (Å²) in [4.78, 5) is 0. The Kier molecular flexibility index (Phi) is 2.12. The first-order chi connectivity index (χ1) is 6.09. The quantitative estimate of drug-likeness (QED) is 0.666. The smallest absolute Gasteiger partial charge is 0.171 e. The zero-order valence-electron chi connectivity index (χ0n) is 8.22. The molecule has 1 aliphatic rings. The minimum atomic E-state index is -1.25. The van der Waals surface area contributed by atoms with Gasteiger partial charge in [0.05, 0.1) is 8.07 Å². The van der Waals surface area contributed by atoms with E-state index in [1.807, 2.05) is 0 Å². The lowest BCUT2D eigenvalue weighted by molar-refractivity contribution is 0.174. The lowest BCUT2D eigenvalue weighted by atomic mass is 10.5. The third kappa shape index (κ3) is 1.60. The molecule has 4 heteroatoms. The molecule has 0 amide bonds. The van der Waals surface area contributed by atoms with E-state index >= 15 is 0 Å². The maximum Gasteiger partial charge on any atom is 0.171 e. The van der Waals surface area contributed by atoms with E-state index in [2.05, 4.69) is 25.0 Å². The van der Waals surface area contributed by atoms with E-state index in [-0.39, 0.29) is 0 Å². The summed E-state index contributed by atoms with van der Waals surface area (Å²) in [5.41, 5.74) is 0. The first-order valence-corrected chi connectivity index (χ1v) is 8.84. The molecule has 0 atom stereocenters. The normalized spacial score (nSPS) is 15.9. The van der Waals surface area contributed by atoms with Crippen molar-refractivity contribution in [3.05, 3.63) is 5.38 Å². The summed E-state index contributed by atoms with van der Waals surface area (Å²) in [5.74, 6) is 1.98. The van der Waals surface area contributed by atoms with E-state index in [4.69, 9.17) is 9.47 Å². The summed E-state index contributed by atoms with van der Waals surface area (Å²) < 4.78 is 12.6. The van der Waals surface area contributed by atoms with Crippen molar-refractivity contribution in [3.8, 4) is 11.5 Å². The monoisotopic (exact) mass is 214 g/mol. The van der Waals surface area contributed by atoms with Gasteiger partial charge in [-0.3, -0.25) is 0 Å². The molecule has 0 saturated heterocycles. The maximum atomic E-state index is 5.64. The maximum absolute atomic E-state index is 5.64. The van der Waals surface area contributed by atoms with E-state index in [1.165, 1.54) is 4.50 Å². The Morgan fingerprint density at radius 1 is 1.23 bits per heavy atom. The molecule has 0 unspecified atom stereocenters. The van der Waals surface area contributed by atoms with E-state index in [0.717, 1.165) is 11.5 Å². The van der Waals surface area contributed by atoms with Crippen LogP contribution in [0.2, 0.25) is 19.6 Å². The summed E-state index contributed by atoms with van der Waals surface area (Å²) in [7, 11) is -1.25. The second-order valence-corrected chi connectivity index (χ2v) is 10.4. The highest BCUT2D eigenvalue weighted by atomic mass is 32.1. The van der Waals surface area contributed by atoms with Crippen molar-refractivity contribution in [2.24, 2.45) is 0 Å². The summed E-state index contributed by atoms with van der Waals surface area (Å²) >= 11 is 1.78. The minimum absolute atomic E-state index is 0.689. The molecule has 0 saturated carbocycles. The standard InChI is InChI=1S/C9H14O2SSi/c1-13(2,3)9-8-7(6-12-9)10-4-5-11-8/h6H,4-5H2,1-3H3. The number of ether oxygens (including phenoxy) is 2. The van der Waals surface area contributed by atoms with Crippen LogP contribution in [0.1, 0.15) is 0 Å². The molecule has 1 aromatic rings.